The Morgan fingerprint density at radius 3 is 2.70 bits per heavy atom. The zero-order valence-electron chi connectivity index (χ0n) is 11.5. The van der Waals surface area contributed by atoms with Gasteiger partial charge in [0.1, 0.15) is 0 Å². The molecule has 3 atom stereocenters. The number of pyridine rings is 1. The number of hydrogen-bond donors (Lipinski definition) is 0. The fraction of sp³-hybridized carbons (Fsp3) is 0.667. The topological polar surface area (TPSA) is 12.9 Å². The van der Waals surface area contributed by atoms with Gasteiger partial charge in [-0.3, -0.25) is 4.98 Å². The fourth-order valence-corrected chi connectivity index (χ4v) is 4.01. The molecule has 1 nitrogen and oxygen atoms in total. The van der Waals surface area contributed by atoms with E-state index in [1.165, 1.54) is 0 Å². The first-order valence-electron chi connectivity index (χ1n) is 7.01. The van der Waals surface area contributed by atoms with Crippen molar-refractivity contribution in [3.8, 4) is 0 Å². The predicted molar refractivity (Wildman–Crippen MR) is 76.9 cm³/mol. The van der Waals surface area contributed by atoms with Crippen molar-refractivity contribution in [2.24, 2.45) is 11.8 Å². The summed E-state index contributed by atoms with van der Waals surface area (Å²) in [6.07, 6.45) is 0.650. The molecule has 1 heterocycles. The van der Waals surface area contributed by atoms with E-state index in [1.807, 2.05) is 19.1 Å². The SMILES string of the molecule is Cc1cccnc1CC(Br)C1CCCCC1C(F)(F)F. The van der Waals surface area contributed by atoms with Crippen molar-refractivity contribution >= 4 is 15.9 Å². The summed E-state index contributed by atoms with van der Waals surface area (Å²) in [7, 11) is 0. The Morgan fingerprint density at radius 1 is 1.35 bits per heavy atom. The molecule has 3 unspecified atom stereocenters. The number of nitrogens with zero attached hydrogens (tertiary/aromatic N) is 1. The van der Waals surface area contributed by atoms with E-state index in [-0.39, 0.29) is 17.2 Å². The Morgan fingerprint density at radius 2 is 2.05 bits per heavy atom. The van der Waals surface area contributed by atoms with E-state index in [4.69, 9.17) is 0 Å². The molecule has 0 aliphatic heterocycles. The lowest BCUT2D eigenvalue weighted by Crippen LogP contribution is -2.38. The quantitative estimate of drug-likeness (QED) is 0.694. The van der Waals surface area contributed by atoms with Crippen LogP contribution >= 0.6 is 15.9 Å². The number of halogens is 4. The monoisotopic (exact) mass is 349 g/mol. The van der Waals surface area contributed by atoms with Crippen LogP contribution in [0.1, 0.15) is 36.9 Å². The first kappa shape index (κ1) is 15.8. The molecule has 1 fully saturated rings. The van der Waals surface area contributed by atoms with Gasteiger partial charge in [0.15, 0.2) is 0 Å². The number of aryl methyl sites for hydroxylation is 1. The number of rotatable bonds is 3. The van der Waals surface area contributed by atoms with E-state index in [9.17, 15) is 13.2 Å². The number of hydrogen-bond acceptors (Lipinski definition) is 1. The average molecular weight is 350 g/mol. The second kappa shape index (κ2) is 6.46. The Bertz CT molecular complexity index is 447. The number of aromatic nitrogens is 1. The van der Waals surface area contributed by atoms with Crippen molar-refractivity contribution in [2.75, 3.05) is 0 Å². The fourth-order valence-electron chi connectivity index (χ4n) is 3.07. The summed E-state index contributed by atoms with van der Waals surface area (Å²) in [5.74, 6) is -1.52. The number of alkyl halides is 4. The van der Waals surface area contributed by atoms with Gasteiger partial charge < -0.3 is 0 Å². The highest BCUT2D eigenvalue weighted by molar-refractivity contribution is 9.09. The molecular formula is C15H19BrF3N. The summed E-state index contributed by atoms with van der Waals surface area (Å²) in [6, 6.07) is 3.80. The van der Waals surface area contributed by atoms with E-state index in [0.29, 0.717) is 19.3 Å². The van der Waals surface area contributed by atoms with Crippen LogP contribution < -0.4 is 0 Å². The van der Waals surface area contributed by atoms with Crippen LogP contribution in [0.2, 0.25) is 0 Å². The second-order valence-electron chi connectivity index (χ2n) is 5.58. The van der Waals surface area contributed by atoms with Gasteiger partial charge in [-0.05, 0) is 37.3 Å². The lowest BCUT2D eigenvalue weighted by Gasteiger charge is -2.36. The molecule has 0 saturated heterocycles. The van der Waals surface area contributed by atoms with Crippen molar-refractivity contribution < 1.29 is 13.2 Å². The molecule has 0 radical (unpaired) electrons. The minimum atomic E-state index is -4.09. The van der Waals surface area contributed by atoms with Gasteiger partial charge in [0.25, 0.3) is 0 Å². The zero-order valence-corrected chi connectivity index (χ0v) is 13.0. The first-order valence-corrected chi connectivity index (χ1v) is 7.92. The molecule has 112 valence electrons. The molecule has 0 spiro atoms. The molecule has 1 aromatic rings. The highest BCUT2D eigenvalue weighted by Gasteiger charge is 2.47. The molecule has 0 N–H and O–H groups in total. The van der Waals surface area contributed by atoms with Gasteiger partial charge in [0, 0.05) is 23.1 Å². The predicted octanol–water partition coefficient (Wildman–Crippen LogP) is 5.06. The Labute approximate surface area is 126 Å². The van der Waals surface area contributed by atoms with Crippen molar-refractivity contribution in [2.45, 2.75) is 50.0 Å². The van der Waals surface area contributed by atoms with E-state index < -0.39 is 12.1 Å². The molecular weight excluding hydrogens is 331 g/mol. The van der Waals surface area contributed by atoms with Crippen LogP contribution in [0.4, 0.5) is 13.2 Å². The van der Waals surface area contributed by atoms with E-state index in [1.54, 1.807) is 6.20 Å². The molecule has 1 saturated carbocycles. The normalized spacial score (nSPS) is 25.4. The Balaban J connectivity index is 2.10. The van der Waals surface area contributed by atoms with E-state index >= 15 is 0 Å². The highest BCUT2D eigenvalue weighted by Crippen LogP contribution is 2.45. The summed E-state index contributed by atoms with van der Waals surface area (Å²) in [5.41, 5.74) is 1.93. The van der Waals surface area contributed by atoms with Crippen LogP contribution in [-0.2, 0) is 6.42 Å². The maximum atomic E-state index is 13.1. The third kappa shape index (κ3) is 3.74. The van der Waals surface area contributed by atoms with Crippen molar-refractivity contribution in [1.29, 1.82) is 0 Å². The zero-order chi connectivity index (χ0) is 14.8. The molecule has 20 heavy (non-hydrogen) atoms. The molecule has 1 aliphatic carbocycles. The average Bonchev–Trinajstić information content (AvgIpc) is 2.40. The Kier molecular flexibility index (Phi) is 5.10. The van der Waals surface area contributed by atoms with Crippen molar-refractivity contribution in [3.63, 3.8) is 0 Å². The Hall–Kier alpha value is -0.580. The standard InChI is InChI=1S/C15H19BrF3N/c1-10-5-4-8-20-14(10)9-13(16)11-6-2-3-7-12(11)15(17,18)19/h4-5,8,11-13H,2-3,6-7,9H2,1H3. The largest absolute Gasteiger partial charge is 0.392 e. The summed E-state index contributed by atoms with van der Waals surface area (Å²) >= 11 is 3.50. The minimum Gasteiger partial charge on any atom is -0.261 e. The molecule has 0 bridgehead atoms. The molecule has 1 aromatic heterocycles. The van der Waals surface area contributed by atoms with Gasteiger partial charge in [-0.2, -0.15) is 13.2 Å². The molecule has 5 heteroatoms. The third-order valence-corrected chi connectivity index (χ3v) is 5.21. The van der Waals surface area contributed by atoms with Crippen LogP contribution in [0.5, 0.6) is 0 Å². The highest BCUT2D eigenvalue weighted by atomic mass is 79.9. The van der Waals surface area contributed by atoms with Crippen LogP contribution in [-0.4, -0.2) is 16.0 Å². The lowest BCUT2D eigenvalue weighted by molar-refractivity contribution is -0.196. The minimum absolute atomic E-state index is 0.164. The van der Waals surface area contributed by atoms with E-state index in [2.05, 4.69) is 20.9 Å². The molecule has 1 aliphatic rings. The van der Waals surface area contributed by atoms with Crippen molar-refractivity contribution in [1.82, 2.24) is 4.98 Å². The lowest BCUT2D eigenvalue weighted by atomic mass is 9.76. The van der Waals surface area contributed by atoms with Crippen LogP contribution in [0, 0.1) is 18.8 Å². The summed E-state index contributed by atoms with van der Waals surface area (Å²) < 4.78 is 39.4. The third-order valence-electron chi connectivity index (χ3n) is 4.21. The molecule has 2 rings (SSSR count). The maximum absolute atomic E-state index is 13.1. The van der Waals surface area contributed by atoms with E-state index in [0.717, 1.165) is 17.7 Å². The summed E-state index contributed by atoms with van der Waals surface area (Å²) in [5, 5.41) is 0. The second-order valence-corrected chi connectivity index (χ2v) is 6.76. The molecule has 0 amide bonds. The van der Waals surface area contributed by atoms with Crippen molar-refractivity contribution in [3.05, 3.63) is 29.6 Å². The summed E-state index contributed by atoms with van der Waals surface area (Å²) in [4.78, 5) is 4.13. The van der Waals surface area contributed by atoms with Gasteiger partial charge >= 0.3 is 6.18 Å². The van der Waals surface area contributed by atoms with Gasteiger partial charge in [-0.1, -0.05) is 34.8 Å². The summed E-state index contributed by atoms with van der Waals surface area (Å²) in [6.45, 7) is 1.95. The maximum Gasteiger partial charge on any atom is 0.392 e. The van der Waals surface area contributed by atoms with Gasteiger partial charge in [0.2, 0.25) is 0 Å². The smallest absolute Gasteiger partial charge is 0.261 e. The van der Waals surface area contributed by atoms with Gasteiger partial charge in [0.05, 0.1) is 5.92 Å². The first-order chi connectivity index (χ1) is 9.39. The van der Waals surface area contributed by atoms with Gasteiger partial charge in [-0.15, -0.1) is 0 Å². The van der Waals surface area contributed by atoms with Crippen LogP contribution in [0.15, 0.2) is 18.3 Å². The molecule has 0 aromatic carbocycles. The van der Waals surface area contributed by atoms with Crippen LogP contribution in [0.3, 0.4) is 0 Å². The van der Waals surface area contributed by atoms with Crippen LogP contribution in [0.25, 0.3) is 0 Å². The van der Waals surface area contributed by atoms with Gasteiger partial charge in [-0.25, -0.2) is 0 Å².